The Balaban J connectivity index is 1.94. The van der Waals surface area contributed by atoms with Crippen LogP contribution in [0.5, 0.6) is 0 Å². The fraction of sp³-hybridized carbons (Fsp3) is 0.308. The molecule has 16 heavy (non-hydrogen) atoms. The molecule has 0 saturated carbocycles. The molecule has 0 unspecified atom stereocenters. The highest BCUT2D eigenvalue weighted by molar-refractivity contribution is 7.10. The molecule has 1 nitrogen and oxygen atoms in total. The van der Waals surface area contributed by atoms with E-state index in [-0.39, 0.29) is 0 Å². The molecule has 0 saturated heterocycles. The van der Waals surface area contributed by atoms with Gasteiger partial charge in [-0.3, -0.25) is 4.79 Å². The van der Waals surface area contributed by atoms with E-state index in [1.807, 2.05) is 0 Å². The third kappa shape index (κ3) is 3.03. The Morgan fingerprint density at radius 2 is 1.44 bits per heavy atom. The fourth-order valence-corrected chi connectivity index (χ4v) is 3.42. The maximum absolute atomic E-state index is 11.8. The number of hydrogen-bond donors (Lipinski definition) is 0. The topological polar surface area (TPSA) is 17.1 Å². The minimum Gasteiger partial charge on any atom is -0.299 e. The van der Waals surface area contributed by atoms with E-state index < -0.39 is 0 Å². The Kier molecular flexibility index (Phi) is 3.56. The van der Waals surface area contributed by atoms with Crippen LogP contribution in [0.15, 0.2) is 22.9 Å². The standard InChI is InChI=1S/C13H14OS2/c1-9-3-12(15-7-9)5-11(14)6-13-4-10(2)8-16-13/h3-4,7-8H,5-6H2,1-2H3. The first-order valence-electron chi connectivity index (χ1n) is 5.23. The van der Waals surface area contributed by atoms with Gasteiger partial charge in [0.2, 0.25) is 0 Å². The maximum atomic E-state index is 11.8. The van der Waals surface area contributed by atoms with Crippen LogP contribution in [-0.2, 0) is 17.6 Å². The van der Waals surface area contributed by atoms with Gasteiger partial charge < -0.3 is 0 Å². The molecule has 3 heteroatoms. The lowest BCUT2D eigenvalue weighted by Crippen LogP contribution is -2.04. The van der Waals surface area contributed by atoms with Crippen molar-refractivity contribution < 1.29 is 4.79 Å². The van der Waals surface area contributed by atoms with Gasteiger partial charge in [-0.05, 0) is 47.9 Å². The Morgan fingerprint density at radius 1 is 1.00 bits per heavy atom. The summed E-state index contributed by atoms with van der Waals surface area (Å²) in [5.41, 5.74) is 2.50. The Labute approximate surface area is 104 Å². The van der Waals surface area contributed by atoms with E-state index in [2.05, 4.69) is 36.7 Å². The normalized spacial score (nSPS) is 10.6. The molecule has 2 aromatic heterocycles. The molecule has 2 heterocycles. The molecule has 0 aliphatic rings. The van der Waals surface area contributed by atoms with Gasteiger partial charge in [0.1, 0.15) is 5.78 Å². The van der Waals surface area contributed by atoms with Crippen molar-refractivity contribution in [2.75, 3.05) is 0 Å². The van der Waals surface area contributed by atoms with Crippen molar-refractivity contribution in [3.05, 3.63) is 43.8 Å². The molecule has 0 fully saturated rings. The molecule has 0 aliphatic heterocycles. The van der Waals surface area contributed by atoms with Gasteiger partial charge in [0.05, 0.1) is 0 Å². The van der Waals surface area contributed by atoms with Crippen molar-refractivity contribution in [1.82, 2.24) is 0 Å². The first-order chi connectivity index (χ1) is 7.63. The van der Waals surface area contributed by atoms with Crippen molar-refractivity contribution >= 4 is 28.5 Å². The number of carbonyl (C=O) groups is 1. The van der Waals surface area contributed by atoms with Crippen LogP contribution in [0.3, 0.4) is 0 Å². The lowest BCUT2D eigenvalue weighted by molar-refractivity contribution is -0.117. The van der Waals surface area contributed by atoms with Gasteiger partial charge in [0.15, 0.2) is 0 Å². The number of thiophene rings is 2. The number of ketones is 1. The van der Waals surface area contributed by atoms with Gasteiger partial charge in [0, 0.05) is 22.6 Å². The summed E-state index contributed by atoms with van der Waals surface area (Å²) in [6.07, 6.45) is 1.16. The minimum absolute atomic E-state index is 0.309. The van der Waals surface area contributed by atoms with Crippen molar-refractivity contribution in [1.29, 1.82) is 0 Å². The van der Waals surface area contributed by atoms with Gasteiger partial charge in [-0.2, -0.15) is 0 Å². The monoisotopic (exact) mass is 250 g/mol. The quantitative estimate of drug-likeness (QED) is 0.807. The van der Waals surface area contributed by atoms with Crippen LogP contribution in [0.25, 0.3) is 0 Å². The zero-order valence-corrected chi connectivity index (χ0v) is 11.1. The molecule has 84 valence electrons. The molecule has 0 radical (unpaired) electrons. The number of aryl methyl sites for hydroxylation is 2. The van der Waals surface area contributed by atoms with Crippen LogP contribution in [-0.4, -0.2) is 5.78 Å². The summed E-state index contributed by atoms with van der Waals surface area (Å²) in [6.45, 7) is 4.13. The molecule has 0 amide bonds. The molecular formula is C13H14OS2. The van der Waals surface area contributed by atoms with Gasteiger partial charge in [0.25, 0.3) is 0 Å². The molecule has 0 atom stereocenters. The largest absolute Gasteiger partial charge is 0.299 e. The predicted molar refractivity (Wildman–Crippen MR) is 70.5 cm³/mol. The number of rotatable bonds is 4. The second-order valence-corrected chi connectivity index (χ2v) is 6.06. The van der Waals surface area contributed by atoms with E-state index in [0.717, 1.165) is 0 Å². The summed E-state index contributed by atoms with van der Waals surface area (Å²) in [6, 6.07) is 4.20. The van der Waals surface area contributed by atoms with Crippen LogP contribution in [0.1, 0.15) is 20.9 Å². The third-order valence-electron chi connectivity index (χ3n) is 2.31. The van der Waals surface area contributed by atoms with Crippen molar-refractivity contribution in [2.24, 2.45) is 0 Å². The average molecular weight is 250 g/mol. The zero-order valence-electron chi connectivity index (χ0n) is 9.45. The van der Waals surface area contributed by atoms with Crippen molar-refractivity contribution in [3.8, 4) is 0 Å². The van der Waals surface area contributed by atoms with Crippen molar-refractivity contribution in [2.45, 2.75) is 26.7 Å². The van der Waals surface area contributed by atoms with Gasteiger partial charge in [-0.1, -0.05) is 0 Å². The van der Waals surface area contributed by atoms with E-state index in [9.17, 15) is 4.79 Å². The highest BCUT2D eigenvalue weighted by Crippen LogP contribution is 2.18. The first kappa shape index (κ1) is 11.6. The average Bonchev–Trinajstić information content (AvgIpc) is 2.76. The van der Waals surface area contributed by atoms with Crippen molar-refractivity contribution in [3.63, 3.8) is 0 Å². The molecule has 0 aromatic carbocycles. The summed E-state index contributed by atoms with van der Waals surface area (Å²) in [5, 5.41) is 4.19. The first-order valence-corrected chi connectivity index (χ1v) is 6.99. The fourth-order valence-electron chi connectivity index (χ4n) is 1.62. The predicted octanol–water partition coefficient (Wildman–Crippen LogP) is 3.78. The molecule has 2 aromatic rings. The lowest BCUT2D eigenvalue weighted by Gasteiger charge is -1.96. The SMILES string of the molecule is Cc1csc(CC(=O)Cc2cc(C)cs2)c1. The number of carbonyl (C=O) groups excluding carboxylic acids is 1. The van der Waals surface area contributed by atoms with Crippen LogP contribution in [0.4, 0.5) is 0 Å². The molecule has 0 spiro atoms. The van der Waals surface area contributed by atoms with E-state index in [0.29, 0.717) is 18.6 Å². The van der Waals surface area contributed by atoms with Gasteiger partial charge in [-0.15, -0.1) is 22.7 Å². The molecule has 0 N–H and O–H groups in total. The second-order valence-electron chi connectivity index (χ2n) is 4.07. The highest BCUT2D eigenvalue weighted by atomic mass is 32.1. The summed E-state index contributed by atoms with van der Waals surface area (Å²) >= 11 is 3.35. The summed E-state index contributed by atoms with van der Waals surface area (Å²) < 4.78 is 0. The van der Waals surface area contributed by atoms with Crippen LogP contribution < -0.4 is 0 Å². The zero-order chi connectivity index (χ0) is 11.5. The number of Topliss-reactive ketones (excluding diaryl/α,β-unsaturated/α-hetero) is 1. The van der Waals surface area contributed by atoms with E-state index in [1.165, 1.54) is 20.9 Å². The van der Waals surface area contributed by atoms with Crippen LogP contribution >= 0.6 is 22.7 Å². The summed E-state index contributed by atoms with van der Waals surface area (Å²) in [5.74, 6) is 0.309. The second kappa shape index (κ2) is 4.93. The van der Waals surface area contributed by atoms with Gasteiger partial charge >= 0.3 is 0 Å². The van der Waals surface area contributed by atoms with E-state index >= 15 is 0 Å². The van der Waals surface area contributed by atoms with Gasteiger partial charge in [-0.25, -0.2) is 0 Å². The van der Waals surface area contributed by atoms with E-state index in [4.69, 9.17) is 0 Å². The minimum atomic E-state index is 0.309. The molecule has 0 aliphatic carbocycles. The van der Waals surface area contributed by atoms with Crippen LogP contribution in [0.2, 0.25) is 0 Å². The molecule has 0 bridgehead atoms. The number of hydrogen-bond acceptors (Lipinski definition) is 3. The Hall–Kier alpha value is -0.930. The Morgan fingerprint density at radius 3 is 1.75 bits per heavy atom. The maximum Gasteiger partial charge on any atom is 0.143 e. The smallest absolute Gasteiger partial charge is 0.143 e. The van der Waals surface area contributed by atoms with E-state index in [1.54, 1.807) is 22.7 Å². The lowest BCUT2D eigenvalue weighted by atomic mass is 10.1. The molecule has 2 rings (SSSR count). The van der Waals surface area contributed by atoms with Crippen LogP contribution in [0, 0.1) is 13.8 Å². The Bertz CT molecular complexity index is 449. The highest BCUT2D eigenvalue weighted by Gasteiger charge is 2.08. The summed E-state index contributed by atoms with van der Waals surface area (Å²) in [4.78, 5) is 14.2. The molecular weight excluding hydrogens is 236 g/mol. The third-order valence-corrected chi connectivity index (χ3v) is 4.42. The summed E-state index contributed by atoms with van der Waals surface area (Å²) in [7, 11) is 0.